The van der Waals surface area contributed by atoms with E-state index in [2.05, 4.69) is 10.3 Å². The zero-order valence-electron chi connectivity index (χ0n) is 14.1. The Labute approximate surface area is 151 Å². The number of aromatic nitrogens is 1. The fourth-order valence-electron chi connectivity index (χ4n) is 2.58. The quantitative estimate of drug-likeness (QED) is 0.685. The van der Waals surface area contributed by atoms with Gasteiger partial charge in [-0.2, -0.15) is 0 Å². The Morgan fingerprint density at radius 3 is 2.35 bits per heavy atom. The van der Waals surface area contributed by atoms with Crippen LogP contribution in [0.3, 0.4) is 0 Å². The molecule has 3 aromatic rings. The minimum Gasteiger partial charge on any atom is -0.441 e. The molecule has 0 saturated heterocycles. The summed E-state index contributed by atoms with van der Waals surface area (Å²) in [5.41, 5.74) is 6.98. The molecule has 132 valence electrons. The Morgan fingerprint density at radius 1 is 1.04 bits per heavy atom. The average Bonchev–Trinajstić information content (AvgIpc) is 3.15. The molecule has 1 heterocycles. The van der Waals surface area contributed by atoms with Crippen molar-refractivity contribution < 1.29 is 14.0 Å². The minimum atomic E-state index is -0.854. The molecule has 2 aromatic carbocycles. The van der Waals surface area contributed by atoms with Gasteiger partial charge in [-0.3, -0.25) is 9.59 Å². The van der Waals surface area contributed by atoms with Gasteiger partial charge < -0.3 is 15.5 Å². The fraction of sp³-hybridized carbons (Fsp3) is 0.150. The fourth-order valence-corrected chi connectivity index (χ4v) is 2.58. The van der Waals surface area contributed by atoms with E-state index in [9.17, 15) is 9.59 Å². The molecule has 0 aliphatic heterocycles. The highest BCUT2D eigenvalue weighted by atomic mass is 16.4. The molecular formula is C20H19N3O3. The first-order valence-electron chi connectivity index (χ1n) is 8.27. The maximum Gasteiger partial charge on any atom is 0.244 e. The van der Waals surface area contributed by atoms with E-state index in [-0.39, 0.29) is 12.3 Å². The van der Waals surface area contributed by atoms with E-state index in [4.69, 9.17) is 10.2 Å². The number of benzene rings is 2. The average molecular weight is 349 g/mol. The summed E-state index contributed by atoms with van der Waals surface area (Å²) in [7, 11) is 0. The van der Waals surface area contributed by atoms with Crippen molar-refractivity contribution in [2.45, 2.75) is 18.9 Å². The number of primary amides is 1. The first-order chi connectivity index (χ1) is 12.6. The van der Waals surface area contributed by atoms with Crippen LogP contribution in [-0.2, 0) is 16.0 Å². The van der Waals surface area contributed by atoms with Gasteiger partial charge in [0.05, 0.1) is 6.20 Å². The number of oxazole rings is 1. The maximum absolute atomic E-state index is 12.2. The third-order valence-electron chi connectivity index (χ3n) is 3.90. The van der Waals surface area contributed by atoms with Crippen molar-refractivity contribution in [3.8, 4) is 11.3 Å². The van der Waals surface area contributed by atoms with Crippen LogP contribution < -0.4 is 11.1 Å². The molecule has 3 N–H and O–H groups in total. The highest BCUT2D eigenvalue weighted by Gasteiger charge is 2.20. The van der Waals surface area contributed by atoms with Gasteiger partial charge in [0.2, 0.25) is 11.8 Å². The van der Waals surface area contributed by atoms with Crippen molar-refractivity contribution in [3.63, 3.8) is 0 Å². The summed E-state index contributed by atoms with van der Waals surface area (Å²) < 4.78 is 5.67. The van der Waals surface area contributed by atoms with E-state index in [1.807, 2.05) is 36.4 Å². The number of carbonyl (C=O) groups is 2. The molecule has 6 nitrogen and oxygen atoms in total. The van der Waals surface area contributed by atoms with E-state index in [1.54, 1.807) is 30.5 Å². The smallest absolute Gasteiger partial charge is 0.244 e. The number of amides is 2. The van der Waals surface area contributed by atoms with E-state index in [1.165, 1.54) is 0 Å². The van der Waals surface area contributed by atoms with Crippen molar-refractivity contribution in [1.29, 1.82) is 0 Å². The van der Waals surface area contributed by atoms with Crippen LogP contribution >= 0.6 is 0 Å². The second-order valence-corrected chi connectivity index (χ2v) is 5.80. The van der Waals surface area contributed by atoms with E-state index < -0.39 is 11.9 Å². The number of nitrogens with two attached hydrogens (primary N) is 1. The lowest BCUT2D eigenvalue weighted by Crippen LogP contribution is -2.37. The molecule has 0 fully saturated rings. The molecule has 0 aliphatic carbocycles. The largest absolute Gasteiger partial charge is 0.441 e. The summed E-state index contributed by atoms with van der Waals surface area (Å²) in [5, 5.41) is 2.66. The molecule has 2 amide bonds. The molecule has 26 heavy (non-hydrogen) atoms. The van der Waals surface area contributed by atoms with Gasteiger partial charge in [0, 0.05) is 18.4 Å². The number of nitrogens with one attached hydrogen (secondary N) is 1. The molecule has 3 rings (SSSR count). The number of carbonyl (C=O) groups excluding carboxylic acids is 2. The van der Waals surface area contributed by atoms with Gasteiger partial charge in [0.15, 0.2) is 11.7 Å². The van der Waals surface area contributed by atoms with Crippen LogP contribution in [-0.4, -0.2) is 16.8 Å². The number of hydrogen-bond donors (Lipinski definition) is 2. The number of aryl methyl sites for hydroxylation is 1. The molecule has 0 spiro atoms. The molecule has 1 atom stereocenters. The Bertz CT molecular complexity index is 876. The van der Waals surface area contributed by atoms with E-state index in [0.717, 1.165) is 5.56 Å². The van der Waals surface area contributed by atoms with Crippen LogP contribution in [0.15, 0.2) is 71.3 Å². The van der Waals surface area contributed by atoms with Crippen LogP contribution in [0, 0.1) is 0 Å². The summed E-state index contributed by atoms with van der Waals surface area (Å²) in [4.78, 5) is 28.0. The van der Waals surface area contributed by atoms with Crippen molar-refractivity contribution in [3.05, 3.63) is 78.3 Å². The Morgan fingerprint density at radius 2 is 1.69 bits per heavy atom. The number of nitrogens with zero attached hydrogens (tertiary/aromatic N) is 1. The highest BCUT2D eigenvalue weighted by molar-refractivity contribution is 5.87. The van der Waals surface area contributed by atoms with E-state index in [0.29, 0.717) is 23.6 Å². The topological polar surface area (TPSA) is 98.2 Å². The predicted molar refractivity (Wildman–Crippen MR) is 96.8 cm³/mol. The third kappa shape index (κ3) is 4.36. The Hall–Kier alpha value is -3.41. The van der Waals surface area contributed by atoms with Crippen LogP contribution in [0.4, 0.5) is 0 Å². The van der Waals surface area contributed by atoms with Crippen molar-refractivity contribution >= 4 is 11.8 Å². The van der Waals surface area contributed by atoms with Crippen molar-refractivity contribution in [2.24, 2.45) is 5.73 Å². The highest BCUT2D eigenvalue weighted by Crippen LogP contribution is 2.20. The Balaban J connectivity index is 1.59. The van der Waals surface area contributed by atoms with Crippen molar-refractivity contribution in [1.82, 2.24) is 10.3 Å². The molecule has 6 heteroatoms. The monoisotopic (exact) mass is 349 g/mol. The number of hydrogen-bond acceptors (Lipinski definition) is 4. The van der Waals surface area contributed by atoms with Crippen LogP contribution in [0.25, 0.3) is 11.3 Å². The lowest BCUT2D eigenvalue weighted by atomic mass is 10.1. The molecular weight excluding hydrogens is 330 g/mol. The summed E-state index contributed by atoms with van der Waals surface area (Å²) in [6.45, 7) is 0. The molecule has 1 aromatic heterocycles. The Kier molecular flexibility index (Phi) is 5.43. The second kappa shape index (κ2) is 8.11. The molecule has 0 bridgehead atoms. The van der Waals surface area contributed by atoms with Crippen LogP contribution in [0.1, 0.15) is 23.9 Å². The van der Waals surface area contributed by atoms with Crippen LogP contribution in [0.5, 0.6) is 0 Å². The SMILES string of the molecule is NC(=O)[C@@H](NC(=O)CCc1ncc(-c2ccccc2)o1)c1ccccc1. The molecule has 0 aliphatic rings. The lowest BCUT2D eigenvalue weighted by molar-refractivity contribution is -0.127. The third-order valence-corrected chi connectivity index (χ3v) is 3.90. The van der Waals surface area contributed by atoms with Crippen LogP contribution in [0.2, 0.25) is 0 Å². The van der Waals surface area contributed by atoms with Gasteiger partial charge >= 0.3 is 0 Å². The standard InChI is InChI=1S/C20H19N3O3/c21-20(25)19(15-9-5-2-6-10-15)23-17(24)11-12-18-22-13-16(26-18)14-7-3-1-4-8-14/h1-10,13,19H,11-12H2,(H2,21,25)(H,23,24)/t19-/m0/s1. The van der Waals surface area contributed by atoms with Crippen molar-refractivity contribution in [2.75, 3.05) is 0 Å². The zero-order valence-corrected chi connectivity index (χ0v) is 14.1. The predicted octanol–water partition coefficient (Wildman–Crippen LogP) is 2.62. The van der Waals surface area contributed by atoms with Gasteiger partial charge in [-0.05, 0) is 5.56 Å². The first-order valence-corrected chi connectivity index (χ1v) is 8.27. The molecule has 0 radical (unpaired) electrons. The lowest BCUT2D eigenvalue weighted by Gasteiger charge is -2.15. The molecule has 0 unspecified atom stereocenters. The summed E-state index contributed by atoms with van der Waals surface area (Å²) in [5.74, 6) is 0.221. The van der Waals surface area contributed by atoms with E-state index >= 15 is 0 Å². The number of rotatable bonds is 7. The summed E-state index contributed by atoms with van der Waals surface area (Å²) in [6, 6.07) is 17.6. The normalized spacial score (nSPS) is 11.7. The van der Waals surface area contributed by atoms with Gasteiger partial charge in [-0.15, -0.1) is 0 Å². The van der Waals surface area contributed by atoms with Gasteiger partial charge in [-0.25, -0.2) is 4.98 Å². The summed E-state index contributed by atoms with van der Waals surface area (Å²) in [6.07, 6.45) is 2.11. The maximum atomic E-state index is 12.2. The second-order valence-electron chi connectivity index (χ2n) is 5.80. The minimum absolute atomic E-state index is 0.144. The van der Waals surface area contributed by atoms with Gasteiger partial charge in [-0.1, -0.05) is 60.7 Å². The van der Waals surface area contributed by atoms with Gasteiger partial charge in [0.1, 0.15) is 6.04 Å². The van der Waals surface area contributed by atoms with Gasteiger partial charge in [0.25, 0.3) is 0 Å². The summed E-state index contributed by atoms with van der Waals surface area (Å²) >= 11 is 0. The zero-order chi connectivity index (χ0) is 18.4. The first kappa shape index (κ1) is 17.4. The molecule has 0 saturated carbocycles.